The van der Waals surface area contributed by atoms with E-state index in [4.69, 9.17) is 0 Å². The Hall–Kier alpha value is -1.79. The minimum atomic E-state index is -0.892. The van der Waals surface area contributed by atoms with Gasteiger partial charge >= 0.3 is 12.0 Å². The van der Waals surface area contributed by atoms with Crippen molar-refractivity contribution >= 4 is 17.9 Å². The summed E-state index contributed by atoms with van der Waals surface area (Å²) >= 11 is 0. The lowest BCUT2D eigenvalue weighted by atomic mass is 9.82. The highest BCUT2D eigenvalue weighted by molar-refractivity contribution is 5.85. The van der Waals surface area contributed by atoms with Gasteiger partial charge in [0.25, 0.3) is 0 Å². The Balaban J connectivity index is 2.29. The average Bonchev–Trinajstić information content (AvgIpc) is 2.84. The van der Waals surface area contributed by atoms with Gasteiger partial charge in [0.15, 0.2) is 0 Å². The normalized spacial score (nSPS) is 16.5. The molecule has 7 nitrogen and oxygen atoms in total. The van der Waals surface area contributed by atoms with Crippen molar-refractivity contribution in [3.63, 3.8) is 0 Å². The van der Waals surface area contributed by atoms with E-state index in [9.17, 15) is 19.5 Å². The maximum absolute atomic E-state index is 11.8. The summed E-state index contributed by atoms with van der Waals surface area (Å²) in [5, 5.41) is 14.5. The van der Waals surface area contributed by atoms with Gasteiger partial charge in [0, 0.05) is 33.6 Å². The molecule has 0 saturated heterocycles. The Morgan fingerprint density at radius 3 is 2.15 bits per heavy atom. The number of nitrogens with zero attached hydrogens (tertiary/aromatic N) is 1. The highest BCUT2D eigenvalue weighted by atomic mass is 16.4. The van der Waals surface area contributed by atoms with Crippen LogP contribution in [0.4, 0.5) is 4.79 Å². The predicted octanol–water partition coefficient (Wildman–Crippen LogP) is 0.409. The summed E-state index contributed by atoms with van der Waals surface area (Å²) < 4.78 is 0. The topological polar surface area (TPSA) is 98.7 Å². The maximum atomic E-state index is 11.8. The summed E-state index contributed by atoms with van der Waals surface area (Å²) in [6.45, 7) is 0.622. The van der Waals surface area contributed by atoms with Crippen molar-refractivity contribution in [3.8, 4) is 0 Å². The Morgan fingerprint density at radius 2 is 1.65 bits per heavy atom. The number of aliphatic carboxylic acids is 1. The first kappa shape index (κ1) is 16.3. The first-order chi connectivity index (χ1) is 9.37. The van der Waals surface area contributed by atoms with Crippen LogP contribution in [0.15, 0.2) is 0 Å². The smallest absolute Gasteiger partial charge is 0.316 e. The largest absolute Gasteiger partial charge is 0.481 e. The van der Waals surface area contributed by atoms with Gasteiger partial charge in [-0.1, -0.05) is 12.8 Å². The highest BCUT2D eigenvalue weighted by Crippen LogP contribution is 2.41. The van der Waals surface area contributed by atoms with Crippen molar-refractivity contribution in [2.24, 2.45) is 5.41 Å². The second kappa shape index (κ2) is 7.12. The van der Waals surface area contributed by atoms with Crippen molar-refractivity contribution in [3.05, 3.63) is 0 Å². The van der Waals surface area contributed by atoms with Crippen LogP contribution in [0.5, 0.6) is 0 Å². The molecular weight excluding hydrogens is 262 g/mol. The van der Waals surface area contributed by atoms with E-state index < -0.39 is 11.4 Å². The number of carbonyl (C=O) groups excluding carboxylic acids is 2. The number of amides is 3. The van der Waals surface area contributed by atoms with Gasteiger partial charge in [0.2, 0.25) is 5.91 Å². The van der Waals surface area contributed by atoms with Gasteiger partial charge in [0.1, 0.15) is 0 Å². The van der Waals surface area contributed by atoms with E-state index in [2.05, 4.69) is 10.6 Å². The van der Waals surface area contributed by atoms with Gasteiger partial charge in [-0.05, 0) is 12.8 Å². The van der Waals surface area contributed by atoms with Crippen molar-refractivity contribution in [2.45, 2.75) is 32.1 Å². The molecule has 3 amide bonds. The molecule has 0 bridgehead atoms. The Morgan fingerprint density at radius 1 is 1.10 bits per heavy atom. The van der Waals surface area contributed by atoms with E-state index in [1.165, 1.54) is 4.90 Å². The first-order valence-corrected chi connectivity index (χ1v) is 6.83. The van der Waals surface area contributed by atoms with Crippen LogP contribution in [0.1, 0.15) is 32.1 Å². The molecule has 0 heterocycles. The molecule has 0 aliphatic heterocycles. The number of carboxylic acid groups (broad SMARTS) is 1. The van der Waals surface area contributed by atoms with E-state index in [1.54, 1.807) is 14.1 Å². The molecule has 1 aliphatic carbocycles. The third-order valence-electron chi connectivity index (χ3n) is 3.64. The van der Waals surface area contributed by atoms with Crippen LogP contribution < -0.4 is 10.6 Å². The van der Waals surface area contributed by atoms with E-state index in [1.807, 2.05) is 0 Å². The minimum absolute atomic E-state index is 0.0178. The van der Waals surface area contributed by atoms with Crippen LogP contribution >= 0.6 is 0 Å². The molecule has 114 valence electrons. The Labute approximate surface area is 118 Å². The number of carboxylic acids is 1. The van der Waals surface area contributed by atoms with Gasteiger partial charge in [-0.3, -0.25) is 9.59 Å². The molecule has 7 heteroatoms. The standard InChI is InChI=1S/C13H23N3O4/c1-16(2)12(20)15-8-7-14-10(17)9-13(11(18)19)5-3-4-6-13/h3-9H2,1-2H3,(H,14,17)(H,15,20)(H,18,19). The molecule has 3 N–H and O–H groups in total. The molecule has 1 fully saturated rings. The van der Waals surface area contributed by atoms with Gasteiger partial charge in [-0.2, -0.15) is 0 Å². The van der Waals surface area contributed by atoms with Crippen LogP contribution in [0.3, 0.4) is 0 Å². The molecule has 0 aromatic carbocycles. The zero-order valence-corrected chi connectivity index (χ0v) is 12.1. The summed E-state index contributed by atoms with van der Waals surface area (Å²) in [6, 6.07) is -0.225. The number of nitrogens with one attached hydrogen (secondary N) is 2. The van der Waals surface area contributed by atoms with Gasteiger partial charge in [-0.25, -0.2) is 4.79 Å². The molecule has 1 aliphatic rings. The van der Waals surface area contributed by atoms with E-state index in [-0.39, 0.29) is 18.4 Å². The highest BCUT2D eigenvalue weighted by Gasteiger charge is 2.42. The van der Waals surface area contributed by atoms with Crippen LogP contribution in [0, 0.1) is 5.41 Å². The molecule has 0 radical (unpaired) electrons. The van der Waals surface area contributed by atoms with Gasteiger partial charge in [0.05, 0.1) is 5.41 Å². The SMILES string of the molecule is CN(C)C(=O)NCCNC(=O)CC1(C(=O)O)CCCC1. The summed E-state index contributed by atoms with van der Waals surface area (Å²) in [6.07, 6.45) is 2.86. The quantitative estimate of drug-likeness (QED) is 0.615. The fourth-order valence-corrected chi connectivity index (χ4v) is 2.42. The fourth-order valence-electron chi connectivity index (χ4n) is 2.42. The van der Waals surface area contributed by atoms with Gasteiger partial charge in [-0.15, -0.1) is 0 Å². The summed E-state index contributed by atoms with van der Waals surface area (Å²) in [5.41, 5.74) is -0.892. The summed E-state index contributed by atoms with van der Waals surface area (Å²) in [7, 11) is 3.26. The molecule has 0 atom stereocenters. The maximum Gasteiger partial charge on any atom is 0.316 e. The molecule has 0 aromatic heterocycles. The molecule has 1 saturated carbocycles. The zero-order chi connectivity index (χ0) is 15.2. The molecule has 20 heavy (non-hydrogen) atoms. The number of hydrogen-bond acceptors (Lipinski definition) is 3. The monoisotopic (exact) mass is 285 g/mol. The molecular formula is C13H23N3O4. The van der Waals surface area contributed by atoms with E-state index in [0.717, 1.165) is 12.8 Å². The van der Waals surface area contributed by atoms with Crippen molar-refractivity contribution in [1.82, 2.24) is 15.5 Å². The number of rotatable bonds is 6. The van der Waals surface area contributed by atoms with E-state index >= 15 is 0 Å². The van der Waals surface area contributed by atoms with Crippen LogP contribution in [-0.4, -0.2) is 55.1 Å². The van der Waals surface area contributed by atoms with Crippen molar-refractivity contribution in [2.75, 3.05) is 27.2 Å². The first-order valence-electron chi connectivity index (χ1n) is 6.83. The third kappa shape index (κ3) is 4.40. The Bertz CT molecular complexity index is 376. The molecule has 0 spiro atoms. The molecule has 1 rings (SSSR count). The third-order valence-corrected chi connectivity index (χ3v) is 3.64. The van der Waals surface area contributed by atoms with E-state index in [0.29, 0.717) is 25.9 Å². The fraction of sp³-hybridized carbons (Fsp3) is 0.769. The second-order valence-corrected chi connectivity index (χ2v) is 5.45. The van der Waals surface area contributed by atoms with Gasteiger partial charge < -0.3 is 20.6 Å². The molecule has 0 unspecified atom stereocenters. The van der Waals surface area contributed by atoms with Crippen LogP contribution in [-0.2, 0) is 9.59 Å². The summed E-state index contributed by atoms with van der Waals surface area (Å²) in [5.74, 6) is -1.15. The predicted molar refractivity (Wildman–Crippen MR) is 73.2 cm³/mol. The number of hydrogen-bond donors (Lipinski definition) is 3. The lowest BCUT2D eigenvalue weighted by Gasteiger charge is -2.22. The average molecular weight is 285 g/mol. The van der Waals surface area contributed by atoms with Crippen LogP contribution in [0.2, 0.25) is 0 Å². The number of carbonyl (C=O) groups is 3. The second-order valence-electron chi connectivity index (χ2n) is 5.45. The lowest BCUT2D eigenvalue weighted by molar-refractivity contribution is -0.151. The lowest BCUT2D eigenvalue weighted by Crippen LogP contribution is -2.41. The van der Waals surface area contributed by atoms with Crippen molar-refractivity contribution < 1.29 is 19.5 Å². The van der Waals surface area contributed by atoms with Crippen molar-refractivity contribution in [1.29, 1.82) is 0 Å². The minimum Gasteiger partial charge on any atom is -0.481 e. The number of urea groups is 1. The summed E-state index contributed by atoms with van der Waals surface area (Å²) in [4.78, 5) is 35.7. The zero-order valence-electron chi connectivity index (χ0n) is 12.1. The Kier molecular flexibility index (Phi) is 5.79. The molecule has 0 aromatic rings. The van der Waals surface area contributed by atoms with Crippen LogP contribution in [0.25, 0.3) is 0 Å².